The number of hydrogen-bond donors (Lipinski definition) is 0. The van der Waals surface area contributed by atoms with E-state index in [4.69, 9.17) is 0 Å². The summed E-state index contributed by atoms with van der Waals surface area (Å²) < 4.78 is 1.91. The van der Waals surface area contributed by atoms with E-state index in [2.05, 4.69) is 32.3 Å². The molecule has 0 aliphatic carbocycles. The van der Waals surface area contributed by atoms with Gasteiger partial charge >= 0.3 is 0 Å². The fourth-order valence-electron chi connectivity index (χ4n) is 1.67. The lowest BCUT2D eigenvalue weighted by Gasteiger charge is -2.05. The number of hydrogen-bond acceptors (Lipinski definition) is 2. The van der Waals surface area contributed by atoms with Crippen LogP contribution >= 0.6 is 9.24 Å². The highest BCUT2D eigenvalue weighted by Crippen LogP contribution is 2.12. The minimum Gasteiger partial charge on any atom is -0.234 e. The van der Waals surface area contributed by atoms with E-state index in [1.807, 2.05) is 10.6 Å². The maximum absolute atomic E-state index is 4.57. The van der Waals surface area contributed by atoms with Gasteiger partial charge in [-0.3, -0.25) is 0 Å². The van der Waals surface area contributed by atoms with Gasteiger partial charge < -0.3 is 0 Å². The number of fused-ring (bicyclic) bond motifs is 1. The van der Waals surface area contributed by atoms with Gasteiger partial charge in [0.15, 0.2) is 5.65 Å². The Labute approximate surface area is 92.1 Å². The number of unbranched alkanes of at least 4 members (excludes halogenated alkanes) is 1. The molecule has 1 atom stereocenters. The van der Waals surface area contributed by atoms with Gasteiger partial charge in [-0.15, -0.1) is 9.24 Å². The molecular weight excluding hydrogens is 205 g/mol. The van der Waals surface area contributed by atoms with Crippen LogP contribution < -0.4 is 0 Å². The predicted molar refractivity (Wildman–Crippen MR) is 65.0 cm³/mol. The van der Waals surface area contributed by atoms with Crippen molar-refractivity contribution in [3.63, 3.8) is 0 Å². The minimum atomic E-state index is 0.916. The molecule has 1 unspecified atom stereocenters. The largest absolute Gasteiger partial charge is 0.234 e. The topological polar surface area (TPSA) is 30.2 Å². The monoisotopic (exact) mass is 221 g/mol. The molecule has 0 N–H and O–H groups in total. The van der Waals surface area contributed by atoms with Crippen molar-refractivity contribution in [2.24, 2.45) is 0 Å². The third kappa shape index (κ3) is 2.18. The molecule has 0 aliphatic rings. The first kappa shape index (κ1) is 10.6. The van der Waals surface area contributed by atoms with Crippen molar-refractivity contribution in [2.75, 3.05) is 0 Å². The van der Waals surface area contributed by atoms with Crippen molar-refractivity contribution in [1.29, 1.82) is 0 Å². The van der Waals surface area contributed by atoms with Crippen molar-refractivity contribution in [1.82, 2.24) is 14.6 Å². The molecule has 0 aromatic carbocycles. The smallest absolute Gasteiger partial charge is 0.155 e. The van der Waals surface area contributed by atoms with E-state index in [9.17, 15) is 0 Å². The Morgan fingerprint density at radius 2 is 2.33 bits per heavy atom. The first-order chi connectivity index (χ1) is 7.35. The lowest BCUT2D eigenvalue weighted by molar-refractivity contribution is 0.766. The third-order valence-corrected chi connectivity index (χ3v) is 2.90. The summed E-state index contributed by atoms with van der Waals surface area (Å²) in [5.74, 6) is 0. The van der Waals surface area contributed by atoms with Gasteiger partial charge in [-0.25, -0.2) is 9.50 Å². The quantitative estimate of drug-likeness (QED) is 0.742. The van der Waals surface area contributed by atoms with Gasteiger partial charge in [0.2, 0.25) is 0 Å². The van der Waals surface area contributed by atoms with Gasteiger partial charge in [0.1, 0.15) is 0 Å². The highest BCUT2D eigenvalue weighted by Gasteiger charge is 2.04. The summed E-state index contributed by atoms with van der Waals surface area (Å²) in [6, 6.07) is 4.11. The zero-order chi connectivity index (χ0) is 10.7. The molecule has 3 nitrogen and oxygen atoms in total. The van der Waals surface area contributed by atoms with Crippen LogP contribution in [0.2, 0.25) is 0 Å². The summed E-state index contributed by atoms with van der Waals surface area (Å²) >= 11 is 0. The first-order valence-corrected chi connectivity index (χ1v) is 6.19. The van der Waals surface area contributed by atoms with Crippen LogP contribution in [0.1, 0.15) is 31.2 Å². The second kappa shape index (κ2) is 4.71. The van der Waals surface area contributed by atoms with E-state index in [0.29, 0.717) is 0 Å². The molecule has 2 rings (SSSR count). The van der Waals surface area contributed by atoms with Crippen LogP contribution in [0.25, 0.3) is 5.65 Å². The molecule has 15 heavy (non-hydrogen) atoms. The van der Waals surface area contributed by atoms with Crippen LogP contribution in [-0.4, -0.2) is 14.6 Å². The van der Waals surface area contributed by atoms with Gasteiger partial charge in [0.25, 0.3) is 0 Å². The molecule has 0 saturated heterocycles. The Kier molecular flexibility index (Phi) is 3.32. The second-order valence-corrected chi connectivity index (χ2v) is 4.06. The summed E-state index contributed by atoms with van der Waals surface area (Å²) in [6.07, 6.45) is 6.20. The molecule has 4 heteroatoms. The summed E-state index contributed by atoms with van der Waals surface area (Å²) in [5.41, 5.74) is 3.35. The van der Waals surface area contributed by atoms with Crippen LogP contribution in [0.15, 0.2) is 18.3 Å². The van der Waals surface area contributed by atoms with Gasteiger partial charge in [-0.2, -0.15) is 5.10 Å². The minimum absolute atomic E-state index is 0.916. The van der Waals surface area contributed by atoms with E-state index < -0.39 is 0 Å². The Bertz CT molecular complexity index is 450. The molecule has 2 heterocycles. The fraction of sp³-hybridized carbons (Fsp3) is 0.455. The van der Waals surface area contributed by atoms with Crippen LogP contribution in [0, 0.1) is 0 Å². The SMILES string of the molecule is CCCCc1cc(CP)n2nccc2n1. The Morgan fingerprint density at radius 3 is 3.07 bits per heavy atom. The van der Waals surface area contributed by atoms with E-state index in [1.54, 1.807) is 6.20 Å². The average molecular weight is 221 g/mol. The number of aryl methyl sites for hydroxylation is 1. The molecule has 0 spiro atoms. The molecule has 2 aromatic rings. The van der Waals surface area contributed by atoms with Crippen molar-refractivity contribution < 1.29 is 0 Å². The van der Waals surface area contributed by atoms with Crippen LogP contribution in [0.4, 0.5) is 0 Å². The van der Waals surface area contributed by atoms with Gasteiger partial charge in [0, 0.05) is 23.6 Å². The maximum atomic E-state index is 4.57. The molecular formula is C11H16N3P. The molecule has 0 radical (unpaired) electrons. The molecule has 0 aliphatic heterocycles. The summed E-state index contributed by atoms with van der Waals surface area (Å²) in [4.78, 5) is 4.57. The Morgan fingerprint density at radius 1 is 1.47 bits per heavy atom. The zero-order valence-electron chi connectivity index (χ0n) is 8.98. The van der Waals surface area contributed by atoms with Crippen molar-refractivity contribution >= 4 is 14.9 Å². The highest BCUT2D eigenvalue weighted by molar-refractivity contribution is 7.15. The molecule has 0 amide bonds. The normalized spacial score (nSPS) is 11.1. The Balaban J connectivity index is 2.40. The highest BCUT2D eigenvalue weighted by atomic mass is 31.0. The molecule has 0 fully saturated rings. The molecule has 0 saturated carbocycles. The van der Waals surface area contributed by atoms with Crippen molar-refractivity contribution in [2.45, 2.75) is 32.3 Å². The van der Waals surface area contributed by atoms with E-state index in [1.165, 1.54) is 24.2 Å². The van der Waals surface area contributed by atoms with E-state index in [-0.39, 0.29) is 0 Å². The van der Waals surface area contributed by atoms with Crippen molar-refractivity contribution in [3.8, 4) is 0 Å². The van der Waals surface area contributed by atoms with Crippen LogP contribution in [0.3, 0.4) is 0 Å². The average Bonchev–Trinajstić information content (AvgIpc) is 2.73. The number of aromatic nitrogens is 3. The van der Waals surface area contributed by atoms with Crippen molar-refractivity contribution in [3.05, 3.63) is 29.7 Å². The first-order valence-electron chi connectivity index (χ1n) is 5.37. The number of nitrogens with zero attached hydrogens (tertiary/aromatic N) is 3. The molecule has 80 valence electrons. The zero-order valence-corrected chi connectivity index (χ0v) is 10.1. The number of rotatable bonds is 4. The van der Waals surface area contributed by atoms with E-state index >= 15 is 0 Å². The van der Waals surface area contributed by atoms with E-state index in [0.717, 1.165) is 18.2 Å². The lowest BCUT2D eigenvalue weighted by Crippen LogP contribution is -2.01. The van der Waals surface area contributed by atoms with Gasteiger partial charge in [0.05, 0.1) is 6.20 Å². The maximum Gasteiger partial charge on any atom is 0.155 e. The molecule has 0 bridgehead atoms. The third-order valence-electron chi connectivity index (χ3n) is 2.48. The van der Waals surface area contributed by atoms with Crippen LogP contribution in [0.5, 0.6) is 0 Å². The Hall–Kier alpha value is -0.950. The fourth-order valence-corrected chi connectivity index (χ4v) is 1.96. The molecule has 2 aromatic heterocycles. The predicted octanol–water partition coefficient (Wildman–Crippen LogP) is 2.45. The van der Waals surface area contributed by atoms with Crippen LogP contribution in [-0.2, 0) is 12.6 Å². The summed E-state index contributed by atoms with van der Waals surface area (Å²) in [6.45, 7) is 2.20. The van der Waals surface area contributed by atoms with Gasteiger partial charge in [-0.1, -0.05) is 13.3 Å². The van der Waals surface area contributed by atoms with Gasteiger partial charge in [-0.05, 0) is 18.9 Å². The standard InChI is InChI=1S/C11H16N3P/c1-2-3-4-9-7-10(8-15)14-11(13-9)5-6-12-14/h5-7H,2-4,8,15H2,1H3. The second-order valence-electron chi connectivity index (χ2n) is 3.65. The summed E-state index contributed by atoms with van der Waals surface area (Å²) in [7, 11) is 2.74. The summed E-state index contributed by atoms with van der Waals surface area (Å²) in [5, 5.41) is 4.25. The lowest BCUT2D eigenvalue weighted by atomic mass is 10.2.